The van der Waals surface area contributed by atoms with Crippen LogP contribution in [0, 0.1) is 5.92 Å². The third-order valence-corrected chi connectivity index (χ3v) is 6.79. The lowest BCUT2D eigenvalue weighted by Crippen LogP contribution is -2.45. The minimum absolute atomic E-state index is 0.0735. The van der Waals surface area contributed by atoms with E-state index in [1.807, 2.05) is 34.1 Å². The zero-order valence-corrected chi connectivity index (χ0v) is 17.9. The normalized spacial score (nSPS) is 21.1. The highest BCUT2D eigenvalue weighted by molar-refractivity contribution is 5.95. The molecule has 0 N–H and O–H groups in total. The summed E-state index contributed by atoms with van der Waals surface area (Å²) in [4.78, 5) is 43.2. The maximum Gasteiger partial charge on any atom is 0.227 e. The molecule has 30 heavy (non-hydrogen) atoms. The predicted octanol–water partition coefficient (Wildman–Crippen LogP) is 3.00. The summed E-state index contributed by atoms with van der Waals surface area (Å²) in [5.41, 5.74) is 1.89. The van der Waals surface area contributed by atoms with Crippen LogP contribution in [0.15, 0.2) is 24.3 Å². The average Bonchev–Trinajstić information content (AvgIpc) is 3.02. The van der Waals surface area contributed by atoms with Crippen LogP contribution in [0.1, 0.15) is 56.9 Å². The van der Waals surface area contributed by atoms with Crippen LogP contribution in [0.25, 0.3) is 0 Å². The molecule has 1 aromatic carbocycles. The molecule has 3 fully saturated rings. The minimum Gasteiger partial charge on any atom is -0.342 e. The van der Waals surface area contributed by atoms with Gasteiger partial charge in [0.1, 0.15) is 0 Å². The van der Waals surface area contributed by atoms with Gasteiger partial charge in [0.25, 0.3) is 0 Å². The Hall–Kier alpha value is -2.37. The van der Waals surface area contributed by atoms with Gasteiger partial charge in [-0.15, -0.1) is 0 Å². The lowest BCUT2D eigenvalue weighted by Gasteiger charge is -2.34. The number of anilines is 1. The number of likely N-dealkylation sites (tertiary alicyclic amines) is 2. The first-order chi connectivity index (χ1) is 14.6. The van der Waals surface area contributed by atoms with Gasteiger partial charge in [-0.3, -0.25) is 14.4 Å². The van der Waals surface area contributed by atoms with Gasteiger partial charge in [0.05, 0.1) is 6.42 Å². The zero-order chi connectivity index (χ0) is 20.9. The summed E-state index contributed by atoms with van der Waals surface area (Å²) in [7, 11) is 0. The Morgan fingerprint density at radius 1 is 0.800 bits per heavy atom. The molecule has 6 heteroatoms. The Labute approximate surface area is 179 Å². The fourth-order valence-corrected chi connectivity index (χ4v) is 4.93. The summed E-state index contributed by atoms with van der Waals surface area (Å²) in [5, 5.41) is 0. The first kappa shape index (κ1) is 20.9. The van der Waals surface area contributed by atoms with Gasteiger partial charge in [0, 0.05) is 50.7 Å². The number of hydrogen-bond acceptors (Lipinski definition) is 3. The molecule has 3 aliphatic rings. The molecule has 3 amide bonds. The van der Waals surface area contributed by atoms with Gasteiger partial charge in [-0.2, -0.15) is 0 Å². The van der Waals surface area contributed by atoms with E-state index in [1.54, 1.807) is 0 Å². The highest BCUT2D eigenvalue weighted by atomic mass is 16.2. The number of carbonyl (C=O) groups is 3. The number of nitrogens with zero attached hydrogens (tertiary/aromatic N) is 3. The van der Waals surface area contributed by atoms with E-state index in [-0.39, 0.29) is 17.7 Å². The highest BCUT2D eigenvalue weighted by Gasteiger charge is 2.30. The van der Waals surface area contributed by atoms with Crippen molar-refractivity contribution < 1.29 is 14.4 Å². The number of hydrogen-bond donors (Lipinski definition) is 0. The molecule has 6 nitrogen and oxygen atoms in total. The molecule has 0 radical (unpaired) electrons. The first-order valence-electron chi connectivity index (χ1n) is 11.6. The van der Waals surface area contributed by atoms with Crippen molar-refractivity contribution in [2.24, 2.45) is 5.92 Å². The largest absolute Gasteiger partial charge is 0.342 e. The molecular formula is C24H33N3O3. The molecule has 3 heterocycles. The molecule has 0 spiro atoms. The van der Waals surface area contributed by atoms with Gasteiger partial charge in [-0.1, -0.05) is 25.0 Å². The molecule has 3 saturated heterocycles. The number of piperidine rings is 1. The second-order valence-corrected chi connectivity index (χ2v) is 8.89. The van der Waals surface area contributed by atoms with Crippen molar-refractivity contribution in [3.8, 4) is 0 Å². The van der Waals surface area contributed by atoms with Crippen LogP contribution in [0.2, 0.25) is 0 Å². The maximum absolute atomic E-state index is 12.8. The molecule has 3 aliphatic heterocycles. The van der Waals surface area contributed by atoms with Gasteiger partial charge in [0.15, 0.2) is 0 Å². The molecule has 0 saturated carbocycles. The lowest BCUT2D eigenvalue weighted by atomic mass is 9.94. The molecule has 0 aromatic heterocycles. The van der Waals surface area contributed by atoms with E-state index in [0.29, 0.717) is 31.8 Å². The van der Waals surface area contributed by atoms with Crippen LogP contribution in [-0.4, -0.2) is 60.2 Å². The van der Waals surface area contributed by atoms with E-state index in [0.717, 1.165) is 63.0 Å². The number of rotatable bonds is 4. The Morgan fingerprint density at radius 2 is 1.47 bits per heavy atom. The lowest BCUT2D eigenvalue weighted by molar-refractivity contribution is -0.140. The van der Waals surface area contributed by atoms with E-state index >= 15 is 0 Å². The quantitative estimate of drug-likeness (QED) is 0.765. The topological polar surface area (TPSA) is 60.9 Å². The smallest absolute Gasteiger partial charge is 0.227 e. The monoisotopic (exact) mass is 411 g/mol. The Balaban J connectivity index is 1.26. The van der Waals surface area contributed by atoms with Crippen molar-refractivity contribution in [1.29, 1.82) is 0 Å². The molecule has 0 unspecified atom stereocenters. The van der Waals surface area contributed by atoms with Gasteiger partial charge in [-0.25, -0.2) is 0 Å². The second-order valence-electron chi connectivity index (χ2n) is 8.89. The summed E-state index contributed by atoms with van der Waals surface area (Å²) in [6, 6.07) is 7.79. The van der Waals surface area contributed by atoms with Crippen LogP contribution in [0.3, 0.4) is 0 Å². The molecule has 4 rings (SSSR count). The van der Waals surface area contributed by atoms with Crippen LogP contribution < -0.4 is 4.90 Å². The van der Waals surface area contributed by atoms with E-state index in [4.69, 9.17) is 0 Å². The van der Waals surface area contributed by atoms with E-state index < -0.39 is 0 Å². The van der Waals surface area contributed by atoms with E-state index in [9.17, 15) is 14.4 Å². The van der Waals surface area contributed by atoms with Crippen molar-refractivity contribution in [2.45, 2.75) is 57.8 Å². The highest BCUT2D eigenvalue weighted by Crippen LogP contribution is 2.24. The molecule has 0 bridgehead atoms. The predicted molar refractivity (Wildman–Crippen MR) is 116 cm³/mol. The van der Waals surface area contributed by atoms with Gasteiger partial charge in [0.2, 0.25) is 17.7 Å². The van der Waals surface area contributed by atoms with Crippen LogP contribution in [0.4, 0.5) is 5.69 Å². The molecule has 162 valence electrons. The van der Waals surface area contributed by atoms with Crippen LogP contribution in [0.5, 0.6) is 0 Å². The zero-order valence-electron chi connectivity index (χ0n) is 17.9. The Kier molecular flexibility index (Phi) is 6.70. The average molecular weight is 412 g/mol. The van der Waals surface area contributed by atoms with Crippen molar-refractivity contribution in [3.63, 3.8) is 0 Å². The third kappa shape index (κ3) is 4.85. The summed E-state index contributed by atoms with van der Waals surface area (Å²) in [6.07, 6.45) is 8.15. The SMILES string of the molecule is O=C(Cc1ccc(N2CCCC2=O)cc1)N1CCC(C(=O)N2CCCCCC2)CC1. The number of amides is 3. The fourth-order valence-electron chi connectivity index (χ4n) is 4.93. The van der Waals surface area contributed by atoms with Crippen molar-refractivity contribution >= 4 is 23.4 Å². The summed E-state index contributed by atoms with van der Waals surface area (Å²) in [5.74, 6) is 0.678. The van der Waals surface area contributed by atoms with Crippen LogP contribution >= 0.6 is 0 Å². The summed E-state index contributed by atoms with van der Waals surface area (Å²) >= 11 is 0. The van der Waals surface area contributed by atoms with Crippen LogP contribution in [-0.2, 0) is 20.8 Å². The molecule has 1 aromatic rings. The molecule has 0 aliphatic carbocycles. The maximum atomic E-state index is 12.8. The number of carbonyl (C=O) groups excluding carboxylic acids is 3. The molecule has 0 atom stereocenters. The van der Waals surface area contributed by atoms with Crippen molar-refractivity contribution in [3.05, 3.63) is 29.8 Å². The Bertz CT molecular complexity index is 760. The summed E-state index contributed by atoms with van der Waals surface area (Å²) in [6.45, 7) is 3.92. The van der Waals surface area contributed by atoms with Crippen molar-refractivity contribution in [1.82, 2.24) is 9.80 Å². The van der Waals surface area contributed by atoms with Crippen molar-refractivity contribution in [2.75, 3.05) is 37.6 Å². The molecular weight excluding hydrogens is 378 g/mol. The second kappa shape index (κ2) is 9.63. The fraction of sp³-hybridized carbons (Fsp3) is 0.625. The van der Waals surface area contributed by atoms with E-state index in [2.05, 4.69) is 4.90 Å². The Morgan fingerprint density at radius 3 is 2.07 bits per heavy atom. The number of benzene rings is 1. The standard InChI is InChI=1S/C24H33N3O3/c28-22-6-5-15-27(22)21-9-7-19(8-10-21)18-23(29)25-16-11-20(12-17-25)24(30)26-13-3-1-2-4-14-26/h7-10,20H,1-6,11-18H2. The van der Waals surface area contributed by atoms with E-state index in [1.165, 1.54) is 12.8 Å². The first-order valence-corrected chi connectivity index (χ1v) is 11.6. The third-order valence-electron chi connectivity index (χ3n) is 6.79. The van der Waals surface area contributed by atoms with Gasteiger partial charge < -0.3 is 14.7 Å². The minimum atomic E-state index is 0.0735. The summed E-state index contributed by atoms with van der Waals surface area (Å²) < 4.78 is 0. The van der Waals surface area contributed by atoms with Gasteiger partial charge >= 0.3 is 0 Å². The van der Waals surface area contributed by atoms with Gasteiger partial charge in [-0.05, 0) is 49.8 Å².